The molecule has 23 heavy (non-hydrogen) atoms. The average Bonchev–Trinajstić information content (AvgIpc) is 3.12. The van der Waals surface area contributed by atoms with E-state index in [9.17, 15) is 4.79 Å². The summed E-state index contributed by atoms with van der Waals surface area (Å²) in [5.41, 5.74) is 3.41. The summed E-state index contributed by atoms with van der Waals surface area (Å²) in [5, 5.41) is 2.88. The van der Waals surface area contributed by atoms with Gasteiger partial charge in [-0.15, -0.1) is 11.3 Å². The van der Waals surface area contributed by atoms with Crippen molar-refractivity contribution in [2.45, 2.75) is 33.2 Å². The Hall–Kier alpha value is -2.21. The van der Waals surface area contributed by atoms with E-state index in [0.717, 1.165) is 34.9 Å². The predicted octanol–water partition coefficient (Wildman–Crippen LogP) is 3.32. The maximum absolute atomic E-state index is 12.6. The molecule has 3 rings (SSSR count). The minimum Gasteiger partial charge on any atom is -0.334 e. The zero-order valence-corrected chi connectivity index (χ0v) is 14.4. The number of aromatic nitrogens is 3. The van der Waals surface area contributed by atoms with E-state index < -0.39 is 0 Å². The number of amides is 1. The molecule has 6 heteroatoms. The Bertz CT molecular complexity index is 836. The normalized spacial score (nSPS) is 11.1. The highest BCUT2D eigenvalue weighted by Crippen LogP contribution is 2.17. The zero-order chi connectivity index (χ0) is 16.4. The molecular weight excluding hydrogens is 308 g/mol. The summed E-state index contributed by atoms with van der Waals surface area (Å²) >= 11 is 1.56. The van der Waals surface area contributed by atoms with Crippen molar-refractivity contribution in [3.63, 3.8) is 0 Å². The Balaban J connectivity index is 1.80. The van der Waals surface area contributed by atoms with Crippen LogP contribution in [0.4, 0.5) is 0 Å². The van der Waals surface area contributed by atoms with E-state index in [2.05, 4.69) is 16.9 Å². The molecule has 5 nitrogen and oxygen atoms in total. The highest BCUT2D eigenvalue weighted by Gasteiger charge is 2.18. The summed E-state index contributed by atoms with van der Waals surface area (Å²) in [6.07, 6.45) is 3.94. The molecule has 0 aliphatic carbocycles. The minimum atomic E-state index is -0.0473. The van der Waals surface area contributed by atoms with Crippen molar-refractivity contribution < 1.29 is 4.79 Å². The summed E-state index contributed by atoms with van der Waals surface area (Å²) < 4.78 is 2.03. The summed E-state index contributed by atoms with van der Waals surface area (Å²) in [6.45, 7) is 4.60. The lowest BCUT2D eigenvalue weighted by Crippen LogP contribution is -2.27. The molecule has 3 aromatic rings. The SMILES string of the molecule is CCCc1nc(C(=O)N(C)Cc2c(C)nc3ccccn23)cs1. The van der Waals surface area contributed by atoms with E-state index in [1.54, 1.807) is 16.2 Å². The molecule has 0 fully saturated rings. The summed E-state index contributed by atoms with van der Waals surface area (Å²) in [4.78, 5) is 23.3. The van der Waals surface area contributed by atoms with Gasteiger partial charge in [-0.2, -0.15) is 0 Å². The first kappa shape index (κ1) is 15.7. The van der Waals surface area contributed by atoms with E-state index in [4.69, 9.17) is 0 Å². The van der Waals surface area contributed by atoms with Crippen molar-refractivity contribution in [3.05, 3.63) is 51.9 Å². The molecule has 0 saturated carbocycles. The van der Waals surface area contributed by atoms with Gasteiger partial charge >= 0.3 is 0 Å². The fourth-order valence-electron chi connectivity index (χ4n) is 2.58. The Labute approximate surface area is 139 Å². The lowest BCUT2D eigenvalue weighted by molar-refractivity contribution is 0.0777. The first-order chi connectivity index (χ1) is 11.1. The number of fused-ring (bicyclic) bond motifs is 1. The number of imidazole rings is 1. The Morgan fingerprint density at radius 1 is 1.35 bits per heavy atom. The highest BCUT2D eigenvalue weighted by atomic mass is 32.1. The number of hydrogen-bond acceptors (Lipinski definition) is 4. The predicted molar refractivity (Wildman–Crippen MR) is 91.8 cm³/mol. The molecule has 3 heterocycles. The Morgan fingerprint density at radius 3 is 2.96 bits per heavy atom. The van der Waals surface area contributed by atoms with Gasteiger partial charge < -0.3 is 9.30 Å². The van der Waals surface area contributed by atoms with E-state index in [1.165, 1.54) is 0 Å². The Morgan fingerprint density at radius 2 is 2.17 bits per heavy atom. The van der Waals surface area contributed by atoms with Crippen molar-refractivity contribution in [1.29, 1.82) is 0 Å². The average molecular weight is 328 g/mol. The van der Waals surface area contributed by atoms with E-state index in [0.29, 0.717) is 12.2 Å². The van der Waals surface area contributed by atoms with Crippen molar-refractivity contribution in [3.8, 4) is 0 Å². The van der Waals surface area contributed by atoms with Crippen LogP contribution in [0.1, 0.15) is 40.2 Å². The monoisotopic (exact) mass is 328 g/mol. The molecule has 0 radical (unpaired) electrons. The van der Waals surface area contributed by atoms with Gasteiger partial charge in [0.15, 0.2) is 0 Å². The van der Waals surface area contributed by atoms with Gasteiger partial charge in [0.25, 0.3) is 5.91 Å². The van der Waals surface area contributed by atoms with Crippen molar-refractivity contribution >= 4 is 22.9 Å². The topological polar surface area (TPSA) is 50.5 Å². The quantitative estimate of drug-likeness (QED) is 0.722. The van der Waals surface area contributed by atoms with E-state index >= 15 is 0 Å². The van der Waals surface area contributed by atoms with Gasteiger partial charge in [0.05, 0.1) is 22.9 Å². The second-order valence-corrected chi connectivity index (χ2v) is 6.55. The first-order valence-electron chi connectivity index (χ1n) is 7.72. The highest BCUT2D eigenvalue weighted by molar-refractivity contribution is 7.09. The number of nitrogens with zero attached hydrogens (tertiary/aromatic N) is 4. The fourth-order valence-corrected chi connectivity index (χ4v) is 3.46. The van der Waals surface area contributed by atoms with Gasteiger partial charge in [-0.25, -0.2) is 9.97 Å². The molecule has 0 N–H and O–H groups in total. The van der Waals surface area contributed by atoms with Crippen molar-refractivity contribution in [2.75, 3.05) is 7.05 Å². The summed E-state index contributed by atoms with van der Waals surface area (Å²) in [5.74, 6) is -0.0473. The van der Waals surface area contributed by atoms with E-state index in [1.807, 2.05) is 48.1 Å². The maximum atomic E-state index is 12.6. The molecule has 0 unspecified atom stereocenters. The van der Waals surface area contributed by atoms with Gasteiger partial charge in [0.1, 0.15) is 11.3 Å². The molecular formula is C17H20N4OS. The smallest absolute Gasteiger partial charge is 0.273 e. The summed E-state index contributed by atoms with van der Waals surface area (Å²) in [7, 11) is 1.81. The number of aryl methyl sites for hydroxylation is 2. The molecule has 0 saturated heterocycles. The largest absolute Gasteiger partial charge is 0.334 e. The van der Waals surface area contributed by atoms with Gasteiger partial charge in [0, 0.05) is 18.6 Å². The fraction of sp³-hybridized carbons (Fsp3) is 0.353. The Kier molecular flexibility index (Phi) is 4.43. The number of hydrogen-bond donors (Lipinski definition) is 0. The van der Waals surface area contributed by atoms with Crippen LogP contribution in [0.3, 0.4) is 0 Å². The molecule has 0 spiro atoms. The molecule has 120 valence electrons. The molecule has 0 aliphatic rings. The second kappa shape index (κ2) is 6.50. The van der Waals surface area contributed by atoms with Gasteiger partial charge in [-0.05, 0) is 31.9 Å². The van der Waals surface area contributed by atoms with Crippen LogP contribution in [0.2, 0.25) is 0 Å². The minimum absolute atomic E-state index is 0.0473. The maximum Gasteiger partial charge on any atom is 0.273 e. The van der Waals surface area contributed by atoms with Crippen LogP contribution in [-0.2, 0) is 13.0 Å². The number of thiazole rings is 1. The van der Waals surface area contributed by atoms with Gasteiger partial charge in [-0.1, -0.05) is 13.0 Å². The molecule has 0 aromatic carbocycles. The number of pyridine rings is 1. The van der Waals surface area contributed by atoms with Crippen LogP contribution in [0.25, 0.3) is 5.65 Å². The first-order valence-corrected chi connectivity index (χ1v) is 8.60. The molecule has 0 atom stereocenters. The zero-order valence-electron chi connectivity index (χ0n) is 13.6. The molecule has 3 aromatic heterocycles. The molecule has 0 aliphatic heterocycles. The van der Waals surface area contributed by atoms with Gasteiger partial charge in [-0.3, -0.25) is 4.79 Å². The number of carbonyl (C=O) groups is 1. The third-order valence-electron chi connectivity index (χ3n) is 3.80. The molecule has 1 amide bonds. The summed E-state index contributed by atoms with van der Waals surface area (Å²) in [6, 6.07) is 5.90. The van der Waals surface area contributed by atoms with Crippen LogP contribution in [0.5, 0.6) is 0 Å². The van der Waals surface area contributed by atoms with Crippen LogP contribution in [0, 0.1) is 6.92 Å². The van der Waals surface area contributed by atoms with Gasteiger partial charge in [0.2, 0.25) is 0 Å². The number of carbonyl (C=O) groups excluding carboxylic acids is 1. The third-order valence-corrected chi connectivity index (χ3v) is 4.71. The van der Waals surface area contributed by atoms with Crippen LogP contribution in [-0.4, -0.2) is 32.2 Å². The van der Waals surface area contributed by atoms with E-state index in [-0.39, 0.29) is 5.91 Å². The number of rotatable bonds is 5. The van der Waals surface area contributed by atoms with Crippen molar-refractivity contribution in [2.24, 2.45) is 0 Å². The van der Waals surface area contributed by atoms with Crippen LogP contribution in [0.15, 0.2) is 29.8 Å². The van der Waals surface area contributed by atoms with Crippen LogP contribution >= 0.6 is 11.3 Å². The second-order valence-electron chi connectivity index (χ2n) is 5.61. The molecule has 0 bridgehead atoms. The third kappa shape index (κ3) is 3.12. The standard InChI is InChI=1S/C17H20N4OS/c1-4-7-16-19-13(11-23-16)17(22)20(3)10-14-12(2)18-15-8-5-6-9-21(14)15/h5-6,8-9,11H,4,7,10H2,1-3H3. The lowest BCUT2D eigenvalue weighted by Gasteiger charge is -2.16. The lowest BCUT2D eigenvalue weighted by atomic mass is 10.3. The van der Waals surface area contributed by atoms with Crippen LogP contribution < -0.4 is 0 Å². The van der Waals surface area contributed by atoms with Crippen molar-refractivity contribution in [1.82, 2.24) is 19.3 Å².